The number of carbonyl (C=O) groups is 3. The Morgan fingerprint density at radius 3 is 2.43 bits per heavy atom. The summed E-state index contributed by atoms with van der Waals surface area (Å²) < 4.78 is 30.5. The van der Waals surface area contributed by atoms with Gasteiger partial charge in [0.05, 0.1) is 7.11 Å². The molecule has 2 aromatic carbocycles. The third-order valence-electron chi connectivity index (χ3n) is 5.57. The van der Waals surface area contributed by atoms with Crippen LogP contribution in [0, 0.1) is 5.82 Å². The number of hydrogen-bond donors (Lipinski definition) is 1. The highest BCUT2D eigenvalue weighted by molar-refractivity contribution is 8.13. The molecule has 0 bridgehead atoms. The number of allylic oxidation sites excluding steroid dienone is 3. The van der Waals surface area contributed by atoms with E-state index in [4.69, 9.17) is 4.74 Å². The van der Waals surface area contributed by atoms with E-state index in [1.807, 2.05) is 25.1 Å². The fraction of sp³-hybridized carbons (Fsp3) is 0.269. The Morgan fingerprint density at radius 1 is 1.14 bits per heavy atom. The zero-order valence-corrected chi connectivity index (χ0v) is 21.5. The number of rotatable bonds is 8. The highest BCUT2D eigenvalue weighted by Crippen LogP contribution is 2.44. The molecule has 0 heterocycles. The van der Waals surface area contributed by atoms with Crippen molar-refractivity contribution in [3.8, 4) is 0 Å². The van der Waals surface area contributed by atoms with Crippen LogP contribution < -0.4 is 5.32 Å². The van der Waals surface area contributed by atoms with E-state index in [0.29, 0.717) is 11.1 Å². The Kier molecular flexibility index (Phi) is 8.80. The Hall–Kier alpha value is -3.04. The second kappa shape index (κ2) is 11.6. The Balaban J connectivity index is 1.86. The van der Waals surface area contributed by atoms with Crippen molar-refractivity contribution < 1.29 is 27.7 Å². The van der Waals surface area contributed by atoms with Crippen LogP contribution in [0.3, 0.4) is 0 Å². The van der Waals surface area contributed by atoms with Crippen LogP contribution in [0.4, 0.5) is 4.39 Å². The molecule has 1 N–H and O–H groups in total. The van der Waals surface area contributed by atoms with Gasteiger partial charge in [0.1, 0.15) is 11.9 Å². The van der Waals surface area contributed by atoms with Crippen molar-refractivity contribution in [3.05, 3.63) is 70.5 Å². The summed E-state index contributed by atoms with van der Waals surface area (Å²) in [5, 5.41) is 2.26. The third kappa shape index (κ3) is 6.55. The first-order valence-corrected chi connectivity index (χ1v) is 13.3. The van der Waals surface area contributed by atoms with Gasteiger partial charge in [0.25, 0.3) is 0 Å². The fourth-order valence-corrected chi connectivity index (χ4v) is 5.17. The second-order valence-corrected chi connectivity index (χ2v) is 10.5. The number of thioether (sulfide) groups is 1. The average Bonchev–Trinajstić information content (AvgIpc) is 3.06. The van der Waals surface area contributed by atoms with Crippen LogP contribution in [0.5, 0.6) is 0 Å². The van der Waals surface area contributed by atoms with E-state index in [1.54, 1.807) is 24.5 Å². The van der Waals surface area contributed by atoms with Gasteiger partial charge in [-0.05, 0) is 70.7 Å². The van der Waals surface area contributed by atoms with Gasteiger partial charge in [0.2, 0.25) is 5.91 Å². The second-order valence-electron chi connectivity index (χ2n) is 8.01. The lowest BCUT2D eigenvalue weighted by Gasteiger charge is -2.14. The molecule has 0 aliphatic heterocycles. The molecule has 0 saturated carbocycles. The molecule has 9 heteroatoms. The number of amides is 1. The van der Waals surface area contributed by atoms with Crippen LogP contribution in [0.1, 0.15) is 37.0 Å². The Morgan fingerprint density at radius 2 is 1.83 bits per heavy atom. The van der Waals surface area contributed by atoms with Crippen molar-refractivity contribution in [2.75, 3.05) is 19.1 Å². The van der Waals surface area contributed by atoms with Crippen LogP contribution in [-0.2, 0) is 29.9 Å². The minimum Gasteiger partial charge on any atom is -0.467 e. The lowest BCUT2D eigenvalue weighted by molar-refractivity contribution is -0.144. The van der Waals surface area contributed by atoms with Crippen molar-refractivity contribution in [1.82, 2.24) is 5.32 Å². The summed E-state index contributed by atoms with van der Waals surface area (Å²) in [6.07, 6.45) is 3.61. The average molecular weight is 516 g/mol. The standard InChI is InChI=1S/C26H26FNO5S2/c1-15-21(11-17-5-8-19(9-6-17)35(4)32)20-10-7-18(27)12-23(20)22(15)13-25(30)34-14-24(26(31)33-3)28-16(2)29/h5-12,24H,13-14H2,1-4H3,(H,28,29)/t24-,35?/m1/s1. The van der Waals surface area contributed by atoms with Gasteiger partial charge in [-0.3, -0.25) is 13.8 Å². The molecular weight excluding hydrogens is 489 g/mol. The lowest BCUT2D eigenvalue weighted by atomic mass is 10.0. The lowest BCUT2D eigenvalue weighted by Crippen LogP contribution is -2.42. The van der Waals surface area contributed by atoms with Gasteiger partial charge in [-0.15, -0.1) is 0 Å². The summed E-state index contributed by atoms with van der Waals surface area (Å²) in [6, 6.07) is 10.9. The molecule has 1 unspecified atom stereocenters. The largest absolute Gasteiger partial charge is 0.467 e. The van der Waals surface area contributed by atoms with Gasteiger partial charge in [0, 0.05) is 41.0 Å². The van der Waals surface area contributed by atoms with E-state index in [2.05, 4.69) is 5.32 Å². The van der Waals surface area contributed by atoms with Gasteiger partial charge in [-0.25, -0.2) is 9.18 Å². The summed E-state index contributed by atoms with van der Waals surface area (Å²) in [7, 11) is 0.137. The fourth-order valence-electron chi connectivity index (χ4n) is 3.83. The van der Waals surface area contributed by atoms with Gasteiger partial charge in [-0.2, -0.15) is 0 Å². The summed E-state index contributed by atoms with van der Waals surface area (Å²) in [5.41, 5.74) is 4.81. The Bertz CT molecular complexity index is 1250. The van der Waals surface area contributed by atoms with Crippen molar-refractivity contribution in [3.63, 3.8) is 0 Å². The normalized spacial score (nSPS) is 15.5. The van der Waals surface area contributed by atoms with Crippen molar-refractivity contribution in [1.29, 1.82) is 0 Å². The third-order valence-corrected chi connectivity index (χ3v) is 7.47. The number of ether oxygens (including phenoxy) is 1. The first-order valence-electron chi connectivity index (χ1n) is 10.8. The van der Waals surface area contributed by atoms with E-state index in [0.717, 1.165) is 38.9 Å². The quantitative estimate of drug-likeness (QED) is 0.530. The highest BCUT2D eigenvalue weighted by Gasteiger charge is 2.27. The molecule has 0 radical (unpaired) electrons. The maximum Gasteiger partial charge on any atom is 0.329 e. The molecule has 1 aliphatic rings. The summed E-state index contributed by atoms with van der Waals surface area (Å²) in [4.78, 5) is 36.8. The maximum atomic E-state index is 14.1. The SMILES string of the molecule is COC(=O)[C@@H](CSC(=O)CC1=C(C)C(=Cc2ccc(S(C)=O)cc2)c2ccc(F)cc21)NC(C)=O. The number of esters is 1. The minimum atomic E-state index is -1.08. The number of carbonyl (C=O) groups excluding carboxylic acids is 3. The van der Waals surface area contributed by atoms with Crippen LogP contribution >= 0.6 is 11.8 Å². The predicted octanol–water partition coefficient (Wildman–Crippen LogP) is 4.22. The molecule has 0 saturated heterocycles. The molecule has 0 fully saturated rings. The molecular formula is C26H26FNO5S2. The first-order chi connectivity index (χ1) is 16.6. The zero-order valence-electron chi connectivity index (χ0n) is 19.8. The number of methoxy groups -OCH3 is 1. The molecule has 1 amide bonds. The maximum absolute atomic E-state index is 14.1. The van der Waals surface area contributed by atoms with Crippen LogP contribution in [0.2, 0.25) is 0 Å². The first kappa shape index (κ1) is 26.6. The number of nitrogens with one attached hydrogen (secondary N) is 1. The van der Waals surface area contributed by atoms with Crippen LogP contribution in [-0.4, -0.2) is 46.4 Å². The molecule has 0 aromatic heterocycles. The monoisotopic (exact) mass is 515 g/mol. The van der Waals surface area contributed by atoms with E-state index in [9.17, 15) is 23.0 Å². The summed E-state index contributed by atoms with van der Waals surface area (Å²) in [5.74, 6) is -1.41. The molecule has 0 spiro atoms. The van der Waals surface area contributed by atoms with E-state index >= 15 is 0 Å². The van der Waals surface area contributed by atoms with Crippen molar-refractivity contribution >= 4 is 56.8 Å². The molecule has 2 aromatic rings. The van der Waals surface area contributed by atoms with Gasteiger partial charge < -0.3 is 10.1 Å². The Labute approximate surface area is 210 Å². The smallest absolute Gasteiger partial charge is 0.329 e. The van der Waals surface area contributed by atoms with Gasteiger partial charge >= 0.3 is 5.97 Å². The van der Waals surface area contributed by atoms with Crippen molar-refractivity contribution in [2.45, 2.75) is 31.2 Å². The molecule has 2 atom stereocenters. The number of hydrogen-bond acceptors (Lipinski definition) is 6. The van der Waals surface area contributed by atoms with Gasteiger partial charge in [-0.1, -0.05) is 30.0 Å². The van der Waals surface area contributed by atoms with Crippen LogP contribution in [0.15, 0.2) is 52.9 Å². The molecule has 35 heavy (non-hydrogen) atoms. The van der Waals surface area contributed by atoms with E-state index in [-0.39, 0.29) is 17.3 Å². The molecule has 3 rings (SSSR count). The summed E-state index contributed by atoms with van der Waals surface area (Å²) in [6.45, 7) is 3.17. The molecule has 1 aliphatic carbocycles. The minimum absolute atomic E-state index is 0.0290. The van der Waals surface area contributed by atoms with Crippen LogP contribution in [0.25, 0.3) is 17.2 Å². The van der Waals surface area contributed by atoms with E-state index in [1.165, 1.54) is 26.2 Å². The number of fused-ring (bicyclic) bond motifs is 1. The topological polar surface area (TPSA) is 89.5 Å². The molecule has 184 valence electrons. The number of benzene rings is 2. The highest BCUT2D eigenvalue weighted by atomic mass is 32.2. The van der Waals surface area contributed by atoms with E-state index < -0.39 is 34.5 Å². The van der Waals surface area contributed by atoms with Gasteiger partial charge in [0.15, 0.2) is 5.12 Å². The zero-order chi connectivity index (χ0) is 25.7. The summed E-state index contributed by atoms with van der Waals surface area (Å²) >= 11 is 0.917. The molecule has 6 nitrogen and oxygen atoms in total. The van der Waals surface area contributed by atoms with Crippen molar-refractivity contribution in [2.24, 2.45) is 0 Å². The predicted molar refractivity (Wildman–Crippen MR) is 137 cm³/mol. The number of halogens is 1.